The zero-order chi connectivity index (χ0) is 13.8. The molecule has 0 amide bonds. The zero-order valence-electron chi connectivity index (χ0n) is 10.8. The first kappa shape index (κ1) is 16.8. The standard InChI is InChI=1S/C12H16FN3O3.ClH/c13-10-2-1-9(7-11(10)16(18)19)12(8-17)15-5-3-14-4-6-15;/h1-2,7,12,14,17H,3-6,8H2;1H/t12-;/m0./s1. The summed E-state index contributed by atoms with van der Waals surface area (Å²) in [6.45, 7) is 2.95. The van der Waals surface area contributed by atoms with Gasteiger partial charge >= 0.3 is 5.69 Å². The van der Waals surface area contributed by atoms with Gasteiger partial charge in [0.25, 0.3) is 0 Å². The molecule has 1 saturated heterocycles. The van der Waals surface area contributed by atoms with E-state index in [4.69, 9.17) is 0 Å². The highest BCUT2D eigenvalue weighted by Crippen LogP contribution is 2.26. The molecule has 8 heteroatoms. The lowest BCUT2D eigenvalue weighted by molar-refractivity contribution is -0.387. The first-order chi connectivity index (χ1) is 9.13. The number of piperazine rings is 1. The third-order valence-corrected chi connectivity index (χ3v) is 3.32. The van der Waals surface area contributed by atoms with Gasteiger partial charge in [0.15, 0.2) is 0 Å². The summed E-state index contributed by atoms with van der Waals surface area (Å²) in [5.74, 6) is -0.856. The lowest BCUT2D eigenvalue weighted by Gasteiger charge is -2.34. The molecule has 0 saturated carbocycles. The number of aliphatic hydroxyl groups excluding tert-OH is 1. The molecule has 0 aromatic heterocycles. The molecule has 2 N–H and O–H groups in total. The fourth-order valence-corrected chi connectivity index (χ4v) is 2.30. The van der Waals surface area contributed by atoms with Crippen LogP contribution >= 0.6 is 12.4 Å². The number of aliphatic hydroxyl groups is 1. The highest BCUT2D eigenvalue weighted by molar-refractivity contribution is 5.85. The van der Waals surface area contributed by atoms with Gasteiger partial charge in [-0.15, -0.1) is 12.4 Å². The van der Waals surface area contributed by atoms with Crippen LogP contribution in [-0.4, -0.2) is 47.7 Å². The average Bonchev–Trinajstić information content (AvgIpc) is 2.42. The van der Waals surface area contributed by atoms with Crippen molar-refractivity contribution in [2.24, 2.45) is 0 Å². The molecule has 112 valence electrons. The molecule has 0 aliphatic carbocycles. The molecule has 0 unspecified atom stereocenters. The van der Waals surface area contributed by atoms with Crippen LogP contribution in [0, 0.1) is 15.9 Å². The Morgan fingerprint density at radius 3 is 2.65 bits per heavy atom. The van der Waals surface area contributed by atoms with Crippen LogP contribution in [0.5, 0.6) is 0 Å². The van der Waals surface area contributed by atoms with Crippen LogP contribution in [0.15, 0.2) is 18.2 Å². The van der Waals surface area contributed by atoms with Gasteiger partial charge in [0.05, 0.1) is 17.6 Å². The summed E-state index contributed by atoms with van der Waals surface area (Å²) in [7, 11) is 0. The summed E-state index contributed by atoms with van der Waals surface area (Å²) in [6, 6.07) is 3.45. The fraction of sp³-hybridized carbons (Fsp3) is 0.500. The number of rotatable bonds is 4. The highest BCUT2D eigenvalue weighted by atomic mass is 35.5. The normalized spacial score (nSPS) is 17.3. The highest BCUT2D eigenvalue weighted by Gasteiger charge is 2.24. The van der Waals surface area contributed by atoms with Crippen molar-refractivity contribution in [3.8, 4) is 0 Å². The van der Waals surface area contributed by atoms with E-state index in [1.165, 1.54) is 12.1 Å². The number of nitro benzene ring substituents is 1. The van der Waals surface area contributed by atoms with Crippen molar-refractivity contribution in [1.29, 1.82) is 0 Å². The van der Waals surface area contributed by atoms with Crippen LogP contribution in [0.25, 0.3) is 0 Å². The van der Waals surface area contributed by atoms with E-state index < -0.39 is 16.4 Å². The maximum Gasteiger partial charge on any atom is 0.305 e. The van der Waals surface area contributed by atoms with Crippen LogP contribution in [0.1, 0.15) is 11.6 Å². The second-order valence-corrected chi connectivity index (χ2v) is 4.45. The van der Waals surface area contributed by atoms with Crippen LogP contribution in [0.3, 0.4) is 0 Å². The number of hydrogen-bond donors (Lipinski definition) is 2. The van der Waals surface area contributed by atoms with Crippen molar-refractivity contribution >= 4 is 18.1 Å². The van der Waals surface area contributed by atoms with Crippen LogP contribution in [0.2, 0.25) is 0 Å². The Bertz CT molecular complexity index is 469. The Balaban J connectivity index is 0.00000200. The molecule has 1 fully saturated rings. The maximum absolute atomic E-state index is 13.3. The topological polar surface area (TPSA) is 78.6 Å². The lowest BCUT2D eigenvalue weighted by Crippen LogP contribution is -2.46. The molecule has 20 heavy (non-hydrogen) atoms. The number of nitrogens with zero attached hydrogens (tertiary/aromatic N) is 2. The number of nitro groups is 1. The smallest absolute Gasteiger partial charge is 0.305 e. The van der Waals surface area contributed by atoms with Gasteiger partial charge in [-0.1, -0.05) is 6.07 Å². The minimum absolute atomic E-state index is 0. The van der Waals surface area contributed by atoms with Gasteiger partial charge in [0.2, 0.25) is 5.82 Å². The molecule has 0 radical (unpaired) electrons. The first-order valence-electron chi connectivity index (χ1n) is 6.13. The largest absolute Gasteiger partial charge is 0.394 e. The average molecular weight is 306 g/mol. The van der Waals surface area contributed by atoms with E-state index in [2.05, 4.69) is 5.32 Å². The van der Waals surface area contributed by atoms with Gasteiger partial charge in [-0.25, -0.2) is 0 Å². The minimum atomic E-state index is -0.856. The number of halogens is 2. The molecule has 0 bridgehead atoms. The molecule has 2 rings (SSSR count). The fourth-order valence-electron chi connectivity index (χ4n) is 2.30. The SMILES string of the molecule is Cl.O=[N+]([O-])c1cc([C@H](CO)N2CCNCC2)ccc1F. The molecular weight excluding hydrogens is 289 g/mol. The van der Waals surface area contributed by atoms with E-state index in [9.17, 15) is 19.6 Å². The monoisotopic (exact) mass is 305 g/mol. The van der Waals surface area contributed by atoms with Crippen LogP contribution < -0.4 is 5.32 Å². The molecule has 1 heterocycles. The van der Waals surface area contributed by atoms with E-state index in [0.29, 0.717) is 5.56 Å². The van der Waals surface area contributed by atoms with Crippen molar-refractivity contribution < 1.29 is 14.4 Å². The van der Waals surface area contributed by atoms with E-state index in [0.717, 1.165) is 32.2 Å². The van der Waals surface area contributed by atoms with E-state index in [1.807, 2.05) is 4.90 Å². The number of benzene rings is 1. The third-order valence-electron chi connectivity index (χ3n) is 3.32. The van der Waals surface area contributed by atoms with Gasteiger partial charge in [-0.2, -0.15) is 4.39 Å². The van der Waals surface area contributed by atoms with Gasteiger partial charge in [0.1, 0.15) is 0 Å². The summed E-state index contributed by atoms with van der Waals surface area (Å²) < 4.78 is 13.3. The number of hydrogen-bond acceptors (Lipinski definition) is 5. The van der Waals surface area contributed by atoms with E-state index in [1.54, 1.807) is 0 Å². The summed E-state index contributed by atoms with van der Waals surface area (Å²) >= 11 is 0. The quantitative estimate of drug-likeness (QED) is 0.643. The maximum atomic E-state index is 13.3. The second kappa shape index (κ2) is 7.49. The van der Waals surface area contributed by atoms with Gasteiger partial charge in [-0.05, 0) is 11.6 Å². The minimum Gasteiger partial charge on any atom is -0.394 e. The molecule has 1 atom stereocenters. The summed E-state index contributed by atoms with van der Waals surface area (Å²) in [5, 5.41) is 23.4. The van der Waals surface area contributed by atoms with Crippen LogP contribution in [0.4, 0.5) is 10.1 Å². The Labute approximate surface area is 122 Å². The summed E-state index contributed by atoms with van der Waals surface area (Å²) in [5.41, 5.74) is 0.0172. The van der Waals surface area contributed by atoms with Crippen molar-refractivity contribution in [3.05, 3.63) is 39.7 Å². The lowest BCUT2D eigenvalue weighted by atomic mass is 10.0. The zero-order valence-corrected chi connectivity index (χ0v) is 11.6. The molecule has 0 spiro atoms. The van der Waals surface area contributed by atoms with Crippen molar-refractivity contribution in [1.82, 2.24) is 10.2 Å². The molecule has 1 aliphatic heterocycles. The number of nitrogens with one attached hydrogen (secondary N) is 1. The van der Waals surface area contributed by atoms with Crippen molar-refractivity contribution in [2.45, 2.75) is 6.04 Å². The third kappa shape index (κ3) is 3.63. The Kier molecular flexibility index (Phi) is 6.28. The molecule has 1 aromatic carbocycles. The van der Waals surface area contributed by atoms with Crippen molar-refractivity contribution in [3.63, 3.8) is 0 Å². The Hall–Kier alpha value is -1.28. The first-order valence-corrected chi connectivity index (χ1v) is 6.13. The molecular formula is C12H17ClFN3O3. The Morgan fingerprint density at radius 2 is 2.10 bits per heavy atom. The molecule has 6 nitrogen and oxygen atoms in total. The summed E-state index contributed by atoms with van der Waals surface area (Å²) in [6.07, 6.45) is 0. The predicted octanol–water partition coefficient (Wildman–Crippen LogP) is 1.09. The van der Waals surface area contributed by atoms with Crippen molar-refractivity contribution in [2.75, 3.05) is 32.8 Å². The van der Waals surface area contributed by atoms with Gasteiger partial charge in [-0.3, -0.25) is 15.0 Å². The Morgan fingerprint density at radius 1 is 1.45 bits per heavy atom. The van der Waals surface area contributed by atoms with Crippen LogP contribution in [-0.2, 0) is 0 Å². The van der Waals surface area contributed by atoms with Gasteiger partial charge < -0.3 is 10.4 Å². The van der Waals surface area contributed by atoms with E-state index in [-0.39, 0.29) is 25.1 Å². The second-order valence-electron chi connectivity index (χ2n) is 4.45. The molecule has 1 aliphatic rings. The predicted molar refractivity (Wildman–Crippen MR) is 74.6 cm³/mol. The summed E-state index contributed by atoms with van der Waals surface area (Å²) in [4.78, 5) is 12.0. The van der Waals surface area contributed by atoms with E-state index >= 15 is 0 Å². The van der Waals surface area contributed by atoms with Gasteiger partial charge in [0, 0.05) is 32.2 Å². The molecule has 1 aromatic rings.